The summed E-state index contributed by atoms with van der Waals surface area (Å²) in [6, 6.07) is 5.70. The van der Waals surface area contributed by atoms with Crippen LogP contribution in [0.3, 0.4) is 0 Å². The monoisotopic (exact) mass is 303 g/mol. The van der Waals surface area contributed by atoms with Crippen LogP contribution in [0, 0.1) is 3.57 Å². The van der Waals surface area contributed by atoms with Gasteiger partial charge < -0.3 is 10.1 Å². The summed E-state index contributed by atoms with van der Waals surface area (Å²) in [6.45, 7) is 3.51. The molecular weight excluding hydrogens is 293 g/mol. The molecule has 1 heterocycles. The number of anilines is 1. The zero-order valence-corrected chi connectivity index (χ0v) is 10.1. The highest BCUT2D eigenvalue weighted by Crippen LogP contribution is 2.34. The lowest BCUT2D eigenvalue weighted by Crippen LogP contribution is -2.45. The van der Waals surface area contributed by atoms with E-state index in [-0.39, 0.29) is 5.91 Å². The standard InChI is InChI=1S/C10H10INO2/c1-10(2)9(13)12-7-4-3-6(11)5-8(7)14-10/h3-5H,1-2H3,(H,12,13). The molecule has 0 saturated carbocycles. The maximum absolute atomic E-state index is 11.5. The maximum atomic E-state index is 11.5. The first-order chi connectivity index (χ1) is 6.49. The Kier molecular flexibility index (Phi) is 2.17. The maximum Gasteiger partial charge on any atom is 0.268 e. The molecule has 0 aliphatic carbocycles. The summed E-state index contributed by atoms with van der Waals surface area (Å²) in [5.74, 6) is 0.632. The zero-order valence-electron chi connectivity index (χ0n) is 7.93. The molecule has 0 unspecified atom stereocenters. The summed E-state index contributed by atoms with van der Waals surface area (Å²) < 4.78 is 6.69. The fourth-order valence-electron chi connectivity index (χ4n) is 1.28. The number of hydrogen-bond acceptors (Lipinski definition) is 2. The fourth-order valence-corrected chi connectivity index (χ4v) is 1.74. The molecule has 1 amide bonds. The summed E-state index contributed by atoms with van der Waals surface area (Å²) in [4.78, 5) is 11.5. The highest BCUT2D eigenvalue weighted by atomic mass is 127. The van der Waals surface area contributed by atoms with Crippen molar-refractivity contribution in [2.24, 2.45) is 0 Å². The van der Waals surface area contributed by atoms with E-state index in [0.717, 1.165) is 15.0 Å². The molecule has 0 aromatic heterocycles. The predicted molar refractivity (Wildman–Crippen MR) is 62.5 cm³/mol. The van der Waals surface area contributed by atoms with Crippen molar-refractivity contribution < 1.29 is 9.53 Å². The number of fused-ring (bicyclic) bond motifs is 1. The summed E-state index contributed by atoms with van der Waals surface area (Å²) in [7, 11) is 0. The van der Waals surface area contributed by atoms with Gasteiger partial charge >= 0.3 is 0 Å². The SMILES string of the molecule is CC1(C)Oc2cc(I)ccc2NC1=O. The van der Waals surface area contributed by atoms with E-state index < -0.39 is 5.60 Å². The number of rotatable bonds is 0. The summed E-state index contributed by atoms with van der Waals surface area (Å²) in [5.41, 5.74) is -0.0352. The molecule has 14 heavy (non-hydrogen) atoms. The quantitative estimate of drug-likeness (QED) is 0.747. The molecule has 0 fully saturated rings. The largest absolute Gasteiger partial charge is 0.476 e. The van der Waals surface area contributed by atoms with Gasteiger partial charge in [0.2, 0.25) is 0 Å². The normalized spacial score (nSPS) is 18.1. The van der Waals surface area contributed by atoms with Gasteiger partial charge in [0.25, 0.3) is 5.91 Å². The Hall–Kier alpha value is -0.780. The van der Waals surface area contributed by atoms with E-state index in [0.29, 0.717) is 0 Å². The number of halogens is 1. The minimum atomic E-state index is -0.780. The molecule has 3 nitrogen and oxygen atoms in total. The van der Waals surface area contributed by atoms with Gasteiger partial charge in [-0.25, -0.2) is 0 Å². The molecular formula is C10H10INO2. The highest BCUT2D eigenvalue weighted by molar-refractivity contribution is 14.1. The molecule has 1 aliphatic heterocycles. The third-order valence-electron chi connectivity index (χ3n) is 2.10. The number of hydrogen-bond donors (Lipinski definition) is 1. The molecule has 0 atom stereocenters. The molecule has 0 spiro atoms. The zero-order chi connectivity index (χ0) is 10.3. The average Bonchev–Trinajstić information content (AvgIpc) is 2.07. The second-order valence-corrected chi connectivity index (χ2v) is 4.95. The van der Waals surface area contributed by atoms with Crippen molar-refractivity contribution in [3.8, 4) is 5.75 Å². The number of ether oxygens (including phenoxy) is 1. The van der Waals surface area contributed by atoms with E-state index in [2.05, 4.69) is 27.9 Å². The lowest BCUT2D eigenvalue weighted by atomic mass is 10.1. The molecule has 1 aromatic rings. The van der Waals surface area contributed by atoms with Crippen LogP contribution in [-0.2, 0) is 4.79 Å². The third-order valence-corrected chi connectivity index (χ3v) is 2.77. The van der Waals surface area contributed by atoms with Crippen LogP contribution in [0.2, 0.25) is 0 Å². The van der Waals surface area contributed by atoms with Crippen molar-refractivity contribution in [1.29, 1.82) is 0 Å². The lowest BCUT2D eigenvalue weighted by Gasteiger charge is -2.31. The molecule has 4 heteroatoms. The first kappa shape index (κ1) is 9.76. The van der Waals surface area contributed by atoms with E-state index in [1.165, 1.54) is 0 Å². The molecule has 74 valence electrons. The van der Waals surface area contributed by atoms with Crippen molar-refractivity contribution in [3.63, 3.8) is 0 Å². The van der Waals surface area contributed by atoms with E-state index in [9.17, 15) is 4.79 Å². The summed E-state index contributed by atoms with van der Waals surface area (Å²) in [6.07, 6.45) is 0. The molecule has 0 saturated heterocycles. The van der Waals surface area contributed by atoms with Crippen LogP contribution in [0.4, 0.5) is 5.69 Å². The Morgan fingerprint density at radius 2 is 2.14 bits per heavy atom. The van der Waals surface area contributed by atoms with Crippen LogP contribution in [0.5, 0.6) is 5.75 Å². The van der Waals surface area contributed by atoms with Gasteiger partial charge in [0.05, 0.1) is 5.69 Å². The molecule has 0 radical (unpaired) electrons. The Bertz CT molecular complexity index is 401. The Morgan fingerprint density at radius 1 is 1.43 bits per heavy atom. The smallest absolute Gasteiger partial charge is 0.268 e. The second-order valence-electron chi connectivity index (χ2n) is 3.71. The first-order valence-corrected chi connectivity index (χ1v) is 5.37. The van der Waals surface area contributed by atoms with Gasteiger partial charge in [0.1, 0.15) is 5.75 Å². The van der Waals surface area contributed by atoms with Gasteiger partial charge in [0.15, 0.2) is 5.60 Å². The average molecular weight is 303 g/mol. The van der Waals surface area contributed by atoms with Crippen LogP contribution in [0.25, 0.3) is 0 Å². The van der Waals surface area contributed by atoms with Gasteiger partial charge in [0, 0.05) is 3.57 Å². The number of carbonyl (C=O) groups excluding carboxylic acids is 1. The topological polar surface area (TPSA) is 38.3 Å². The van der Waals surface area contributed by atoms with Gasteiger partial charge in [-0.05, 0) is 54.6 Å². The van der Waals surface area contributed by atoms with Crippen LogP contribution in [0.1, 0.15) is 13.8 Å². The molecule has 2 rings (SSSR count). The minimum absolute atomic E-state index is 0.105. The molecule has 1 N–H and O–H groups in total. The van der Waals surface area contributed by atoms with Gasteiger partial charge in [-0.3, -0.25) is 4.79 Å². The number of amides is 1. The van der Waals surface area contributed by atoms with E-state index in [1.54, 1.807) is 13.8 Å². The summed E-state index contributed by atoms with van der Waals surface area (Å²) >= 11 is 2.21. The van der Waals surface area contributed by atoms with E-state index in [1.807, 2.05) is 18.2 Å². The Labute approximate surface area is 96.0 Å². The van der Waals surface area contributed by atoms with Crippen LogP contribution < -0.4 is 10.1 Å². The van der Waals surface area contributed by atoms with Crippen molar-refractivity contribution in [1.82, 2.24) is 0 Å². The van der Waals surface area contributed by atoms with Crippen molar-refractivity contribution in [3.05, 3.63) is 21.8 Å². The number of nitrogens with one attached hydrogen (secondary N) is 1. The summed E-state index contributed by atoms with van der Waals surface area (Å²) in [5, 5.41) is 2.81. The van der Waals surface area contributed by atoms with Gasteiger partial charge in [-0.2, -0.15) is 0 Å². The van der Waals surface area contributed by atoms with E-state index in [4.69, 9.17) is 4.74 Å². The van der Waals surface area contributed by atoms with Gasteiger partial charge in [-0.1, -0.05) is 0 Å². The number of carbonyl (C=O) groups is 1. The van der Waals surface area contributed by atoms with Crippen LogP contribution in [0.15, 0.2) is 18.2 Å². The predicted octanol–water partition coefficient (Wildman–Crippen LogP) is 2.40. The molecule has 1 aromatic carbocycles. The van der Waals surface area contributed by atoms with E-state index >= 15 is 0 Å². The van der Waals surface area contributed by atoms with Crippen molar-refractivity contribution in [2.75, 3.05) is 5.32 Å². The second kappa shape index (κ2) is 3.12. The fraction of sp³-hybridized carbons (Fsp3) is 0.300. The van der Waals surface area contributed by atoms with Crippen LogP contribution in [-0.4, -0.2) is 11.5 Å². The van der Waals surface area contributed by atoms with Gasteiger partial charge in [-0.15, -0.1) is 0 Å². The van der Waals surface area contributed by atoms with Crippen LogP contribution >= 0.6 is 22.6 Å². The third kappa shape index (κ3) is 1.58. The highest BCUT2D eigenvalue weighted by Gasteiger charge is 2.35. The number of benzene rings is 1. The Morgan fingerprint density at radius 3 is 2.86 bits per heavy atom. The minimum Gasteiger partial charge on any atom is -0.476 e. The van der Waals surface area contributed by atoms with Crippen molar-refractivity contribution in [2.45, 2.75) is 19.4 Å². The van der Waals surface area contributed by atoms with Crippen molar-refractivity contribution >= 4 is 34.2 Å². The lowest BCUT2D eigenvalue weighted by molar-refractivity contribution is -0.129. The first-order valence-electron chi connectivity index (χ1n) is 4.29. The molecule has 1 aliphatic rings. The molecule has 0 bridgehead atoms. The Balaban J connectivity index is 2.46.